The highest BCUT2D eigenvalue weighted by atomic mass is 79.9. The number of carbonyl (C=O) groups excluding carboxylic acids is 2. The van der Waals surface area contributed by atoms with Crippen LogP contribution < -0.4 is 0 Å². The fourth-order valence-corrected chi connectivity index (χ4v) is 4.18. The second-order valence-electron chi connectivity index (χ2n) is 5.02. The van der Waals surface area contributed by atoms with E-state index in [2.05, 4.69) is 63.7 Å². The van der Waals surface area contributed by atoms with Crippen LogP contribution in [0.4, 0.5) is 0 Å². The quantitative estimate of drug-likeness (QED) is 0.198. The molecule has 0 fully saturated rings. The SMILES string of the molecule is CC(O)COC(=O)c1c(Br)c(Br)c(Br)c(Br)c1C(=O)OCCCCO. The monoisotopic (exact) mass is 608 g/mol. The van der Waals surface area contributed by atoms with Gasteiger partial charge in [-0.25, -0.2) is 9.59 Å². The Morgan fingerprint density at radius 1 is 0.920 bits per heavy atom. The Kier molecular flexibility index (Phi) is 10.1. The van der Waals surface area contributed by atoms with E-state index < -0.39 is 18.0 Å². The molecule has 10 heteroatoms. The zero-order chi connectivity index (χ0) is 19.1. The number of carbonyl (C=O) groups is 2. The molecule has 1 unspecified atom stereocenters. The Hall–Kier alpha value is -0.000000000000000187. The molecule has 1 aromatic carbocycles. The minimum Gasteiger partial charge on any atom is -0.462 e. The lowest BCUT2D eigenvalue weighted by Gasteiger charge is -2.16. The lowest BCUT2D eigenvalue weighted by molar-refractivity contribution is 0.0286. The Balaban J connectivity index is 3.24. The Bertz CT molecular complexity index is 648. The van der Waals surface area contributed by atoms with Gasteiger partial charge < -0.3 is 19.7 Å². The van der Waals surface area contributed by atoms with E-state index in [-0.39, 0.29) is 30.9 Å². The van der Waals surface area contributed by atoms with Crippen LogP contribution >= 0.6 is 63.7 Å². The minimum atomic E-state index is -0.834. The van der Waals surface area contributed by atoms with Crippen LogP contribution in [0.25, 0.3) is 0 Å². The summed E-state index contributed by atoms with van der Waals surface area (Å²) in [6, 6.07) is 0. The normalized spacial score (nSPS) is 12.0. The van der Waals surface area contributed by atoms with E-state index in [0.29, 0.717) is 30.7 Å². The fraction of sp³-hybridized carbons (Fsp3) is 0.467. The summed E-state index contributed by atoms with van der Waals surface area (Å²) in [5, 5.41) is 18.1. The van der Waals surface area contributed by atoms with Crippen LogP contribution in [-0.2, 0) is 9.47 Å². The van der Waals surface area contributed by atoms with Crippen LogP contribution in [0.3, 0.4) is 0 Å². The smallest absolute Gasteiger partial charge is 0.340 e. The van der Waals surface area contributed by atoms with Gasteiger partial charge in [0.15, 0.2) is 0 Å². The van der Waals surface area contributed by atoms with Crippen molar-refractivity contribution < 1.29 is 29.3 Å². The predicted octanol–water partition coefficient (Wildman–Crippen LogP) is 4.20. The number of hydrogen-bond donors (Lipinski definition) is 2. The van der Waals surface area contributed by atoms with E-state index >= 15 is 0 Å². The van der Waals surface area contributed by atoms with Crippen molar-refractivity contribution in [2.24, 2.45) is 0 Å². The van der Waals surface area contributed by atoms with Crippen LogP contribution in [0, 0.1) is 0 Å². The molecular weight excluding hydrogens is 596 g/mol. The standard InChI is InChI=1S/C15H16Br4O6/c1-7(21)6-25-15(23)9-8(14(22)24-5-3-2-4-20)10(16)12(18)13(19)11(9)17/h7,20-21H,2-6H2,1H3. The number of unbranched alkanes of at least 4 members (excludes halogenated alkanes) is 1. The average molecular weight is 612 g/mol. The van der Waals surface area contributed by atoms with Crippen LogP contribution in [0.15, 0.2) is 17.9 Å². The third-order valence-corrected chi connectivity index (χ3v) is 7.68. The Labute approximate surface area is 178 Å². The number of ether oxygens (including phenoxy) is 2. The van der Waals surface area contributed by atoms with Gasteiger partial charge in [0.25, 0.3) is 0 Å². The number of hydrogen-bond acceptors (Lipinski definition) is 6. The second kappa shape index (κ2) is 11.0. The van der Waals surface area contributed by atoms with Crippen molar-refractivity contribution in [2.75, 3.05) is 19.8 Å². The fourth-order valence-electron chi connectivity index (χ4n) is 1.73. The van der Waals surface area contributed by atoms with Crippen molar-refractivity contribution in [3.05, 3.63) is 29.0 Å². The van der Waals surface area contributed by atoms with E-state index in [4.69, 9.17) is 14.6 Å². The van der Waals surface area contributed by atoms with Gasteiger partial charge in [-0.05, 0) is 83.5 Å². The van der Waals surface area contributed by atoms with Crippen molar-refractivity contribution in [1.29, 1.82) is 0 Å². The van der Waals surface area contributed by atoms with Crippen LogP contribution in [0.2, 0.25) is 0 Å². The summed E-state index contributed by atoms with van der Waals surface area (Å²) in [5.74, 6) is -1.48. The molecule has 6 nitrogen and oxygen atoms in total. The molecule has 140 valence electrons. The van der Waals surface area contributed by atoms with Crippen molar-refractivity contribution in [1.82, 2.24) is 0 Å². The third kappa shape index (κ3) is 6.28. The maximum atomic E-state index is 12.5. The molecule has 1 aromatic rings. The van der Waals surface area contributed by atoms with Gasteiger partial charge in [-0.15, -0.1) is 0 Å². The first kappa shape index (κ1) is 23.0. The van der Waals surface area contributed by atoms with Crippen molar-refractivity contribution >= 4 is 75.7 Å². The highest BCUT2D eigenvalue weighted by Gasteiger charge is 2.30. The summed E-state index contributed by atoms with van der Waals surface area (Å²) < 4.78 is 11.9. The summed E-state index contributed by atoms with van der Waals surface area (Å²) in [6.07, 6.45) is 0.172. The molecule has 0 spiro atoms. The summed E-state index contributed by atoms with van der Waals surface area (Å²) in [6.45, 7) is 1.39. The summed E-state index contributed by atoms with van der Waals surface area (Å²) in [5.41, 5.74) is -0.0173. The number of rotatable bonds is 8. The molecule has 0 amide bonds. The number of aliphatic hydroxyl groups is 2. The first-order valence-electron chi connectivity index (χ1n) is 7.21. The van der Waals surface area contributed by atoms with Gasteiger partial charge >= 0.3 is 11.9 Å². The number of halogens is 4. The number of aliphatic hydroxyl groups excluding tert-OH is 2. The maximum absolute atomic E-state index is 12.5. The average Bonchev–Trinajstić information content (AvgIpc) is 2.57. The predicted molar refractivity (Wildman–Crippen MR) is 106 cm³/mol. The van der Waals surface area contributed by atoms with Gasteiger partial charge in [-0.2, -0.15) is 0 Å². The molecule has 0 heterocycles. The molecule has 1 atom stereocenters. The third-order valence-electron chi connectivity index (χ3n) is 2.92. The Morgan fingerprint density at radius 3 is 1.84 bits per heavy atom. The molecular formula is C15H16Br4O6. The van der Waals surface area contributed by atoms with Gasteiger partial charge in [-0.3, -0.25) is 0 Å². The van der Waals surface area contributed by atoms with E-state index in [1.165, 1.54) is 6.92 Å². The highest BCUT2D eigenvalue weighted by Crippen LogP contribution is 2.42. The van der Waals surface area contributed by atoms with Gasteiger partial charge in [0.05, 0.1) is 23.8 Å². The van der Waals surface area contributed by atoms with Gasteiger partial charge in [0.2, 0.25) is 0 Å². The molecule has 0 radical (unpaired) electrons. The van der Waals surface area contributed by atoms with Crippen molar-refractivity contribution in [3.8, 4) is 0 Å². The van der Waals surface area contributed by atoms with Crippen LogP contribution in [0.5, 0.6) is 0 Å². The molecule has 0 saturated heterocycles. The first-order valence-corrected chi connectivity index (χ1v) is 10.4. The molecule has 0 aliphatic rings. The molecule has 2 N–H and O–H groups in total. The largest absolute Gasteiger partial charge is 0.462 e. The van der Waals surface area contributed by atoms with Gasteiger partial charge in [-0.1, -0.05) is 0 Å². The lowest BCUT2D eigenvalue weighted by Crippen LogP contribution is -2.20. The van der Waals surface area contributed by atoms with Crippen molar-refractivity contribution in [2.45, 2.75) is 25.9 Å². The van der Waals surface area contributed by atoms with Crippen LogP contribution in [-0.4, -0.2) is 48.1 Å². The lowest BCUT2D eigenvalue weighted by atomic mass is 10.1. The van der Waals surface area contributed by atoms with Gasteiger partial charge in [0, 0.05) is 24.5 Å². The zero-order valence-corrected chi connectivity index (χ0v) is 19.5. The molecule has 0 bridgehead atoms. The van der Waals surface area contributed by atoms with E-state index in [1.54, 1.807) is 0 Å². The second-order valence-corrected chi connectivity index (χ2v) is 8.19. The molecule has 0 aliphatic carbocycles. The molecule has 0 aromatic heterocycles. The molecule has 0 saturated carbocycles. The number of esters is 2. The van der Waals surface area contributed by atoms with E-state index in [1.807, 2.05) is 0 Å². The summed E-state index contributed by atoms with van der Waals surface area (Å²) >= 11 is 13.2. The Morgan fingerprint density at radius 2 is 1.40 bits per heavy atom. The van der Waals surface area contributed by atoms with Crippen molar-refractivity contribution in [3.63, 3.8) is 0 Å². The van der Waals surface area contributed by atoms with Gasteiger partial charge in [0.1, 0.15) is 6.61 Å². The molecule has 0 aliphatic heterocycles. The first-order chi connectivity index (χ1) is 11.7. The maximum Gasteiger partial charge on any atom is 0.340 e. The molecule has 25 heavy (non-hydrogen) atoms. The topological polar surface area (TPSA) is 93.1 Å². The molecule has 1 rings (SSSR count). The van der Waals surface area contributed by atoms with E-state index in [9.17, 15) is 14.7 Å². The summed E-state index contributed by atoms with van der Waals surface area (Å²) in [7, 11) is 0. The minimum absolute atomic E-state index is 0.00143. The van der Waals surface area contributed by atoms with E-state index in [0.717, 1.165) is 0 Å². The van der Waals surface area contributed by atoms with Crippen LogP contribution in [0.1, 0.15) is 40.5 Å². The highest BCUT2D eigenvalue weighted by molar-refractivity contribution is 9.15. The number of benzene rings is 1. The zero-order valence-electron chi connectivity index (χ0n) is 13.2. The summed E-state index contributed by atoms with van der Waals surface area (Å²) in [4.78, 5) is 24.9.